The maximum atomic E-state index is 14.9. The number of hydrogen-bond donors (Lipinski definition) is 1. The summed E-state index contributed by atoms with van der Waals surface area (Å²) in [6.45, 7) is 1.02. The number of pyridine rings is 1. The molecule has 1 aliphatic rings. The first-order chi connectivity index (χ1) is 15.7. The second-order valence-electron chi connectivity index (χ2n) is 7.83. The summed E-state index contributed by atoms with van der Waals surface area (Å²) in [5, 5.41) is 8.49. The Hall–Kier alpha value is -2.26. The third kappa shape index (κ3) is 4.99. The maximum Gasteiger partial charge on any atom is 0.189 e. The first-order valence-corrected chi connectivity index (χ1v) is 12.5. The van der Waals surface area contributed by atoms with Gasteiger partial charge in [-0.25, -0.2) is 22.2 Å². The van der Waals surface area contributed by atoms with Gasteiger partial charge in [-0.2, -0.15) is 0 Å². The summed E-state index contributed by atoms with van der Waals surface area (Å²) in [5.41, 5.74) is -0.287. The number of piperidine rings is 1. The predicted molar refractivity (Wildman–Crippen MR) is 124 cm³/mol. The van der Waals surface area contributed by atoms with Gasteiger partial charge in [0.05, 0.1) is 16.0 Å². The van der Waals surface area contributed by atoms with E-state index in [4.69, 9.17) is 23.2 Å². The lowest BCUT2D eigenvalue weighted by atomic mass is 10.0. The first-order valence-electron chi connectivity index (χ1n) is 10.2. The Morgan fingerprint density at radius 3 is 2.33 bits per heavy atom. The van der Waals surface area contributed by atoms with E-state index in [1.165, 1.54) is 36.5 Å². The van der Waals surface area contributed by atoms with Gasteiger partial charge in [-0.3, -0.25) is 0 Å². The molecule has 33 heavy (non-hydrogen) atoms. The highest BCUT2D eigenvalue weighted by molar-refractivity contribution is 7.92. The van der Waals surface area contributed by atoms with Crippen molar-refractivity contribution in [3.8, 4) is 0 Å². The number of rotatable bonds is 5. The quantitative estimate of drug-likeness (QED) is 0.509. The highest BCUT2D eigenvalue weighted by Crippen LogP contribution is 2.41. The van der Waals surface area contributed by atoms with E-state index in [1.54, 1.807) is 0 Å². The summed E-state index contributed by atoms with van der Waals surface area (Å²) in [4.78, 5) is 6.08. The largest absolute Gasteiger partial charge is 0.393 e. The molecule has 10 heteroatoms. The fraction of sp³-hybridized carbons (Fsp3) is 0.261. The monoisotopic (exact) mass is 512 g/mol. The molecule has 2 aromatic carbocycles. The zero-order valence-corrected chi connectivity index (χ0v) is 19.6. The number of nitrogens with zero attached hydrogens (tertiary/aromatic N) is 2. The van der Waals surface area contributed by atoms with Crippen molar-refractivity contribution < 1.29 is 22.3 Å². The molecule has 1 atom stereocenters. The van der Waals surface area contributed by atoms with E-state index in [-0.39, 0.29) is 21.0 Å². The molecule has 1 aliphatic heterocycles. The van der Waals surface area contributed by atoms with Crippen molar-refractivity contribution in [2.24, 2.45) is 0 Å². The van der Waals surface area contributed by atoms with Gasteiger partial charge in [0.15, 0.2) is 9.84 Å². The van der Waals surface area contributed by atoms with Crippen LogP contribution >= 0.6 is 23.2 Å². The van der Waals surface area contributed by atoms with E-state index in [1.807, 2.05) is 4.90 Å². The molecule has 1 aromatic heterocycles. The van der Waals surface area contributed by atoms with Crippen molar-refractivity contribution in [2.45, 2.75) is 29.1 Å². The zero-order chi connectivity index (χ0) is 23.8. The molecule has 0 saturated carbocycles. The summed E-state index contributed by atoms with van der Waals surface area (Å²) < 4.78 is 56.5. The Bertz CT molecular complexity index is 1270. The molecule has 1 N–H and O–H groups in total. The topological polar surface area (TPSA) is 70.5 Å². The Morgan fingerprint density at radius 1 is 1.00 bits per heavy atom. The predicted octanol–water partition coefficient (Wildman–Crippen LogP) is 5.19. The Balaban J connectivity index is 1.89. The van der Waals surface area contributed by atoms with Crippen LogP contribution in [0.4, 0.5) is 14.6 Å². The molecule has 4 rings (SSSR count). The van der Waals surface area contributed by atoms with E-state index >= 15 is 0 Å². The van der Waals surface area contributed by atoms with Gasteiger partial charge in [-0.1, -0.05) is 23.2 Å². The molecular formula is C23H20Cl2F2N2O3S. The molecule has 0 spiro atoms. The van der Waals surface area contributed by atoms with Crippen molar-refractivity contribution >= 4 is 38.9 Å². The van der Waals surface area contributed by atoms with E-state index in [0.717, 1.165) is 18.2 Å². The lowest BCUT2D eigenvalue weighted by Crippen LogP contribution is -2.36. The van der Waals surface area contributed by atoms with Gasteiger partial charge >= 0.3 is 0 Å². The van der Waals surface area contributed by atoms with Gasteiger partial charge in [0.25, 0.3) is 0 Å². The van der Waals surface area contributed by atoms with Gasteiger partial charge in [0.1, 0.15) is 22.7 Å². The molecule has 0 radical (unpaired) electrons. The lowest BCUT2D eigenvalue weighted by molar-refractivity contribution is 0.145. The van der Waals surface area contributed by atoms with Crippen LogP contribution in [0.15, 0.2) is 59.6 Å². The second-order valence-corrected chi connectivity index (χ2v) is 10.7. The van der Waals surface area contributed by atoms with E-state index in [0.29, 0.717) is 36.8 Å². The standard InChI is InChI=1S/C23H20Cl2F2N2O3S/c24-14-1-4-17(5-2-14)33(31,32)23(19-11-15(26)3-6-21(19)27)18-12-22(28-13-20(18)25)29-9-7-16(30)8-10-29/h1-6,11-13,16,23,30H,7-10H2. The third-order valence-electron chi connectivity index (χ3n) is 5.63. The van der Waals surface area contributed by atoms with Crippen molar-refractivity contribution in [2.75, 3.05) is 18.0 Å². The van der Waals surface area contributed by atoms with Crippen molar-refractivity contribution in [1.82, 2.24) is 4.98 Å². The Kier molecular flexibility index (Phi) is 6.91. The summed E-state index contributed by atoms with van der Waals surface area (Å²) in [6.07, 6.45) is 1.96. The van der Waals surface area contributed by atoms with Crippen LogP contribution in [0, 0.1) is 11.6 Å². The van der Waals surface area contributed by atoms with Crippen LogP contribution in [0.25, 0.3) is 0 Å². The van der Waals surface area contributed by atoms with Crippen LogP contribution in [-0.4, -0.2) is 37.7 Å². The summed E-state index contributed by atoms with van der Waals surface area (Å²) in [7, 11) is -4.28. The van der Waals surface area contributed by atoms with Crippen LogP contribution in [0.3, 0.4) is 0 Å². The number of aliphatic hydroxyl groups is 1. The molecule has 1 unspecified atom stereocenters. The van der Waals surface area contributed by atoms with Crippen LogP contribution in [0.5, 0.6) is 0 Å². The van der Waals surface area contributed by atoms with E-state index in [9.17, 15) is 22.3 Å². The molecule has 1 fully saturated rings. The van der Waals surface area contributed by atoms with Crippen LogP contribution in [0.1, 0.15) is 29.2 Å². The molecule has 2 heterocycles. The average molecular weight is 513 g/mol. The molecule has 1 saturated heterocycles. The molecule has 174 valence electrons. The third-order valence-corrected chi connectivity index (χ3v) is 8.26. The number of hydrogen-bond acceptors (Lipinski definition) is 5. The molecule has 0 bridgehead atoms. The Labute approximate surface area is 200 Å². The van der Waals surface area contributed by atoms with E-state index < -0.39 is 32.8 Å². The van der Waals surface area contributed by atoms with Crippen molar-refractivity contribution in [3.05, 3.63) is 87.5 Å². The second kappa shape index (κ2) is 9.54. The lowest BCUT2D eigenvalue weighted by Gasteiger charge is -2.31. The molecular weight excluding hydrogens is 493 g/mol. The minimum absolute atomic E-state index is 0.00185. The van der Waals surface area contributed by atoms with Gasteiger partial charge in [0.2, 0.25) is 0 Å². The summed E-state index contributed by atoms with van der Waals surface area (Å²) in [5.74, 6) is -1.22. The maximum absolute atomic E-state index is 14.9. The highest BCUT2D eigenvalue weighted by atomic mass is 35.5. The van der Waals surface area contributed by atoms with E-state index in [2.05, 4.69) is 4.98 Å². The number of halogens is 4. The number of aromatic nitrogens is 1. The fourth-order valence-electron chi connectivity index (χ4n) is 3.89. The van der Waals surface area contributed by atoms with Gasteiger partial charge in [-0.05, 0) is 66.9 Å². The van der Waals surface area contributed by atoms with Crippen LogP contribution < -0.4 is 4.90 Å². The van der Waals surface area contributed by atoms with Crippen LogP contribution in [0.2, 0.25) is 10.0 Å². The summed E-state index contributed by atoms with van der Waals surface area (Å²) in [6, 6.07) is 9.59. The van der Waals surface area contributed by atoms with Crippen molar-refractivity contribution in [1.29, 1.82) is 0 Å². The van der Waals surface area contributed by atoms with Crippen molar-refractivity contribution in [3.63, 3.8) is 0 Å². The molecule has 5 nitrogen and oxygen atoms in total. The number of anilines is 1. The normalized spacial score (nSPS) is 16.1. The minimum Gasteiger partial charge on any atom is -0.393 e. The first kappa shape index (κ1) is 23.9. The Morgan fingerprint density at radius 2 is 1.67 bits per heavy atom. The number of sulfone groups is 1. The number of benzene rings is 2. The highest BCUT2D eigenvalue weighted by Gasteiger charge is 2.35. The van der Waals surface area contributed by atoms with Gasteiger partial charge < -0.3 is 10.0 Å². The van der Waals surface area contributed by atoms with Gasteiger partial charge in [0, 0.05) is 29.9 Å². The minimum atomic E-state index is -4.28. The summed E-state index contributed by atoms with van der Waals surface area (Å²) >= 11 is 12.3. The average Bonchev–Trinajstić information content (AvgIpc) is 2.78. The zero-order valence-electron chi connectivity index (χ0n) is 17.3. The number of aliphatic hydroxyl groups excluding tert-OH is 1. The molecule has 3 aromatic rings. The molecule has 0 amide bonds. The SMILES string of the molecule is O=S(=O)(c1ccc(Cl)cc1)C(c1cc(F)ccc1F)c1cc(N2CCC(O)CC2)ncc1Cl. The fourth-order valence-corrected chi connectivity index (χ4v) is 6.12. The smallest absolute Gasteiger partial charge is 0.189 e. The van der Waals surface area contributed by atoms with Crippen LogP contribution in [-0.2, 0) is 9.84 Å². The molecule has 0 aliphatic carbocycles. The van der Waals surface area contributed by atoms with Gasteiger partial charge in [-0.15, -0.1) is 0 Å².